The third-order valence-electron chi connectivity index (χ3n) is 3.55. The van der Waals surface area contributed by atoms with Gasteiger partial charge in [0.05, 0.1) is 27.3 Å². The van der Waals surface area contributed by atoms with Crippen molar-refractivity contribution >= 4 is 11.9 Å². The molecular formula is C18H24N4O4. The standard InChI is InChI=1S/C18H24N4O4/c1-4-20-18(22-11-13-6-8-15(26-13)17(19)23)21-10-12-5-7-14(24-2)16(9-12)25-3/h5-9H,4,10-11H2,1-3H3,(H2,19,23)(H2,20,21,22). The Kier molecular flexibility index (Phi) is 6.90. The van der Waals surface area contributed by atoms with E-state index in [-0.39, 0.29) is 5.76 Å². The first-order valence-corrected chi connectivity index (χ1v) is 8.19. The molecule has 0 saturated heterocycles. The third kappa shape index (κ3) is 5.17. The second-order valence-electron chi connectivity index (χ2n) is 5.37. The first kappa shape index (κ1) is 19.2. The van der Waals surface area contributed by atoms with Gasteiger partial charge in [-0.1, -0.05) is 6.07 Å². The van der Waals surface area contributed by atoms with Gasteiger partial charge >= 0.3 is 0 Å². The quantitative estimate of drug-likeness (QED) is 0.488. The van der Waals surface area contributed by atoms with Crippen molar-refractivity contribution in [2.75, 3.05) is 20.8 Å². The molecule has 0 aliphatic heterocycles. The molecule has 8 heteroatoms. The maximum Gasteiger partial charge on any atom is 0.284 e. The average molecular weight is 360 g/mol. The number of methoxy groups -OCH3 is 2. The highest BCUT2D eigenvalue weighted by Crippen LogP contribution is 2.27. The van der Waals surface area contributed by atoms with E-state index in [4.69, 9.17) is 19.6 Å². The summed E-state index contributed by atoms with van der Waals surface area (Å²) in [4.78, 5) is 15.6. The molecule has 1 amide bonds. The van der Waals surface area contributed by atoms with Gasteiger partial charge < -0.3 is 30.3 Å². The van der Waals surface area contributed by atoms with Crippen LogP contribution in [-0.4, -0.2) is 32.6 Å². The molecule has 0 unspecified atom stereocenters. The number of aliphatic imine (C=N–C) groups is 1. The van der Waals surface area contributed by atoms with E-state index >= 15 is 0 Å². The maximum atomic E-state index is 11.1. The summed E-state index contributed by atoms with van der Waals surface area (Å²) < 4.78 is 15.9. The lowest BCUT2D eigenvalue weighted by atomic mass is 10.2. The van der Waals surface area contributed by atoms with Gasteiger partial charge in [0.2, 0.25) is 0 Å². The molecule has 0 fully saturated rings. The molecule has 1 heterocycles. The van der Waals surface area contributed by atoms with Gasteiger partial charge in [-0.15, -0.1) is 0 Å². The zero-order chi connectivity index (χ0) is 18.9. The highest BCUT2D eigenvalue weighted by molar-refractivity contribution is 5.89. The number of ether oxygens (including phenoxy) is 2. The molecule has 4 N–H and O–H groups in total. The molecule has 0 aliphatic carbocycles. The van der Waals surface area contributed by atoms with E-state index in [1.54, 1.807) is 26.4 Å². The molecule has 1 aromatic heterocycles. The Morgan fingerprint density at radius 1 is 1.15 bits per heavy atom. The van der Waals surface area contributed by atoms with Crippen molar-refractivity contribution in [1.29, 1.82) is 0 Å². The fourth-order valence-electron chi connectivity index (χ4n) is 2.27. The van der Waals surface area contributed by atoms with E-state index in [1.165, 1.54) is 0 Å². The minimum atomic E-state index is -0.592. The lowest BCUT2D eigenvalue weighted by Crippen LogP contribution is -2.36. The summed E-state index contributed by atoms with van der Waals surface area (Å²) in [5.74, 6) is 2.09. The average Bonchev–Trinajstić information content (AvgIpc) is 3.13. The fraction of sp³-hybridized carbons (Fsp3) is 0.333. The monoisotopic (exact) mass is 360 g/mol. The smallest absolute Gasteiger partial charge is 0.284 e. The van der Waals surface area contributed by atoms with Gasteiger partial charge in [0.1, 0.15) is 5.76 Å². The number of amides is 1. The van der Waals surface area contributed by atoms with Crippen molar-refractivity contribution < 1.29 is 18.7 Å². The van der Waals surface area contributed by atoms with Gasteiger partial charge in [0, 0.05) is 6.54 Å². The summed E-state index contributed by atoms with van der Waals surface area (Å²) in [6, 6.07) is 8.91. The summed E-state index contributed by atoms with van der Waals surface area (Å²) in [5.41, 5.74) is 6.16. The molecule has 0 bridgehead atoms. The minimum Gasteiger partial charge on any atom is -0.493 e. The zero-order valence-electron chi connectivity index (χ0n) is 15.2. The van der Waals surface area contributed by atoms with Crippen molar-refractivity contribution in [3.63, 3.8) is 0 Å². The third-order valence-corrected chi connectivity index (χ3v) is 3.55. The normalized spacial score (nSPS) is 11.1. The summed E-state index contributed by atoms with van der Waals surface area (Å²) in [6.07, 6.45) is 0. The Bertz CT molecular complexity index is 770. The maximum absolute atomic E-state index is 11.1. The number of benzene rings is 1. The van der Waals surface area contributed by atoms with Crippen molar-refractivity contribution in [3.8, 4) is 11.5 Å². The number of nitrogens with one attached hydrogen (secondary N) is 2. The summed E-state index contributed by atoms with van der Waals surface area (Å²) in [5, 5.41) is 6.30. The second-order valence-corrected chi connectivity index (χ2v) is 5.37. The number of primary amides is 1. The first-order valence-electron chi connectivity index (χ1n) is 8.19. The molecule has 140 valence electrons. The van der Waals surface area contributed by atoms with Crippen molar-refractivity contribution in [1.82, 2.24) is 10.6 Å². The van der Waals surface area contributed by atoms with Gasteiger partial charge in [-0.25, -0.2) is 4.99 Å². The molecule has 26 heavy (non-hydrogen) atoms. The fourth-order valence-corrected chi connectivity index (χ4v) is 2.27. The predicted octanol–water partition coefficient (Wildman–Crippen LogP) is 1.65. The largest absolute Gasteiger partial charge is 0.493 e. The topological polar surface area (TPSA) is 111 Å². The predicted molar refractivity (Wildman–Crippen MR) is 98.4 cm³/mol. The highest BCUT2D eigenvalue weighted by Gasteiger charge is 2.08. The van der Waals surface area contributed by atoms with Crippen LogP contribution in [0.5, 0.6) is 11.5 Å². The molecule has 0 spiro atoms. The Morgan fingerprint density at radius 2 is 1.92 bits per heavy atom. The minimum absolute atomic E-state index is 0.133. The summed E-state index contributed by atoms with van der Waals surface area (Å²) in [6.45, 7) is 3.53. The lowest BCUT2D eigenvalue weighted by molar-refractivity contribution is 0.0972. The Labute approximate surface area is 152 Å². The molecule has 0 aliphatic rings. The van der Waals surface area contributed by atoms with E-state index in [2.05, 4.69) is 15.6 Å². The number of hydrogen-bond acceptors (Lipinski definition) is 5. The van der Waals surface area contributed by atoms with Gasteiger partial charge in [-0.3, -0.25) is 4.79 Å². The number of furan rings is 1. The van der Waals surface area contributed by atoms with E-state index < -0.39 is 5.91 Å². The van der Waals surface area contributed by atoms with Crippen molar-refractivity contribution in [2.24, 2.45) is 10.7 Å². The summed E-state index contributed by atoms with van der Waals surface area (Å²) in [7, 11) is 3.20. The molecule has 2 rings (SSSR count). The van der Waals surface area contributed by atoms with Crippen LogP contribution in [-0.2, 0) is 13.1 Å². The van der Waals surface area contributed by atoms with Crippen LogP contribution in [0.2, 0.25) is 0 Å². The lowest BCUT2D eigenvalue weighted by Gasteiger charge is -2.11. The van der Waals surface area contributed by atoms with Crippen LogP contribution < -0.4 is 25.8 Å². The zero-order valence-corrected chi connectivity index (χ0v) is 15.2. The van der Waals surface area contributed by atoms with Crippen LogP contribution in [0.4, 0.5) is 0 Å². The van der Waals surface area contributed by atoms with E-state index in [0.29, 0.717) is 42.9 Å². The molecular weight excluding hydrogens is 336 g/mol. The van der Waals surface area contributed by atoms with Crippen LogP contribution in [0.1, 0.15) is 28.8 Å². The molecule has 8 nitrogen and oxygen atoms in total. The number of rotatable bonds is 8. The number of nitrogens with zero attached hydrogens (tertiary/aromatic N) is 1. The number of hydrogen-bond donors (Lipinski definition) is 3. The first-order chi connectivity index (χ1) is 12.6. The van der Waals surface area contributed by atoms with E-state index in [9.17, 15) is 4.79 Å². The van der Waals surface area contributed by atoms with Crippen LogP contribution >= 0.6 is 0 Å². The van der Waals surface area contributed by atoms with Gasteiger partial charge in [0.25, 0.3) is 5.91 Å². The number of nitrogens with two attached hydrogens (primary N) is 1. The molecule has 0 radical (unpaired) electrons. The molecule has 0 atom stereocenters. The van der Waals surface area contributed by atoms with Crippen LogP contribution in [0.15, 0.2) is 39.7 Å². The van der Waals surface area contributed by atoms with Crippen LogP contribution in [0.3, 0.4) is 0 Å². The Hall–Kier alpha value is -3.16. The van der Waals surface area contributed by atoms with Crippen molar-refractivity contribution in [3.05, 3.63) is 47.4 Å². The molecule has 2 aromatic rings. The molecule has 0 saturated carbocycles. The van der Waals surface area contributed by atoms with Crippen LogP contribution in [0.25, 0.3) is 0 Å². The Morgan fingerprint density at radius 3 is 2.54 bits per heavy atom. The van der Waals surface area contributed by atoms with E-state index in [0.717, 1.165) is 5.56 Å². The van der Waals surface area contributed by atoms with Crippen molar-refractivity contribution in [2.45, 2.75) is 20.0 Å². The highest BCUT2D eigenvalue weighted by atomic mass is 16.5. The van der Waals surface area contributed by atoms with Crippen LogP contribution in [0, 0.1) is 0 Å². The number of carbonyl (C=O) groups excluding carboxylic acids is 1. The van der Waals surface area contributed by atoms with Gasteiger partial charge in [0.15, 0.2) is 23.2 Å². The van der Waals surface area contributed by atoms with Gasteiger partial charge in [-0.05, 0) is 36.8 Å². The van der Waals surface area contributed by atoms with E-state index in [1.807, 2.05) is 25.1 Å². The Balaban J connectivity index is 2.02. The molecule has 1 aromatic carbocycles. The summed E-state index contributed by atoms with van der Waals surface area (Å²) >= 11 is 0. The number of guanidine groups is 1. The second kappa shape index (κ2) is 9.36. The number of carbonyl (C=O) groups is 1. The SMILES string of the molecule is CCNC(=NCc1ccc(OC)c(OC)c1)NCc1ccc(C(N)=O)o1. The van der Waals surface area contributed by atoms with Gasteiger partial charge in [-0.2, -0.15) is 0 Å².